The van der Waals surface area contributed by atoms with Crippen molar-refractivity contribution in [1.29, 1.82) is 5.26 Å². The minimum atomic E-state index is 0.562. The average molecular weight is 262 g/mol. The maximum absolute atomic E-state index is 8.95. The highest BCUT2D eigenvalue weighted by Gasteiger charge is 2.04. The molecule has 0 aromatic heterocycles. The first-order valence-corrected chi connectivity index (χ1v) is 6.14. The Balaban J connectivity index is 2.18. The number of terminal acetylenes is 1. The molecule has 0 unspecified atom stereocenters. The SMILES string of the molecule is C#Cc1cccc(NCc2cc(C#N)ccc2OC)c1. The van der Waals surface area contributed by atoms with Gasteiger partial charge in [-0.05, 0) is 36.4 Å². The zero-order valence-electron chi connectivity index (χ0n) is 11.2. The maximum atomic E-state index is 8.95. The van der Waals surface area contributed by atoms with E-state index < -0.39 is 0 Å². The summed E-state index contributed by atoms with van der Waals surface area (Å²) < 4.78 is 5.30. The number of nitriles is 1. The number of nitrogens with one attached hydrogen (secondary N) is 1. The fourth-order valence-corrected chi connectivity index (χ4v) is 1.90. The van der Waals surface area contributed by atoms with Crippen LogP contribution < -0.4 is 10.1 Å². The molecule has 0 fully saturated rings. The molecule has 0 amide bonds. The maximum Gasteiger partial charge on any atom is 0.123 e. The van der Waals surface area contributed by atoms with E-state index >= 15 is 0 Å². The number of nitrogens with zero attached hydrogens (tertiary/aromatic N) is 1. The minimum absolute atomic E-state index is 0.562. The number of anilines is 1. The van der Waals surface area contributed by atoms with Crippen LogP contribution in [0.25, 0.3) is 0 Å². The summed E-state index contributed by atoms with van der Waals surface area (Å²) in [4.78, 5) is 0. The summed E-state index contributed by atoms with van der Waals surface area (Å²) >= 11 is 0. The van der Waals surface area contributed by atoms with Gasteiger partial charge in [0.1, 0.15) is 5.75 Å². The van der Waals surface area contributed by atoms with Crippen molar-refractivity contribution >= 4 is 5.69 Å². The van der Waals surface area contributed by atoms with Gasteiger partial charge in [-0.1, -0.05) is 12.0 Å². The lowest BCUT2D eigenvalue weighted by Gasteiger charge is -2.11. The first-order valence-electron chi connectivity index (χ1n) is 6.14. The first-order chi connectivity index (χ1) is 9.76. The first kappa shape index (κ1) is 13.5. The van der Waals surface area contributed by atoms with Crippen LogP contribution in [-0.4, -0.2) is 7.11 Å². The summed E-state index contributed by atoms with van der Waals surface area (Å²) in [5.74, 6) is 3.35. The van der Waals surface area contributed by atoms with E-state index in [1.807, 2.05) is 30.3 Å². The Kier molecular flexibility index (Phi) is 4.27. The molecule has 0 spiro atoms. The van der Waals surface area contributed by atoms with Crippen LogP contribution in [0.3, 0.4) is 0 Å². The number of methoxy groups -OCH3 is 1. The lowest BCUT2D eigenvalue weighted by atomic mass is 10.1. The molecular formula is C17H14N2O. The van der Waals surface area contributed by atoms with Crippen molar-refractivity contribution in [1.82, 2.24) is 0 Å². The minimum Gasteiger partial charge on any atom is -0.496 e. The highest BCUT2D eigenvalue weighted by Crippen LogP contribution is 2.21. The van der Waals surface area contributed by atoms with Crippen molar-refractivity contribution < 1.29 is 4.74 Å². The Hall–Kier alpha value is -2.91. The van der Waals surface area contributed by atoms with Gasteiger partial charge in [-0.15, -0.1) is 6.42 Å². The smallest absolute Gasteiger partial charge is 0.123 e. The number of ether oxygens (including phenoxy) is 1. The summed E-state index contributed by atoms with van der Waals surface area (Å²) in [6.07, 6.45) is 5.38. The fourth-order valence-electron chi connectivity index (χ4n) is 1.90. The van der Waals surface area contributed by atoms with Gasteiger partial charge in [-0.2, -0.15) is 5.26 Å². The molecule has 2 rings (SSSR count). The predicted molar refractivity (Wildman–Crippen MR) is 79.4 cm³/mol. The van der Waals surface area contributed by atoms with Gasteiger partial charge in [0.15, 0.2) is 0 Å². The molecule has 2 aromatic rings. The van der Waals surface area contributed by atoms with Gasteiger partial charge in [0.05, 0.1) is 18.7 Å². The van der Waals surface area contributed by atoms with Crippen molar-refractivity contribution in [3.8, 4) is 24.2 Å². The molecule has 3 heteroatoms. The van der Waals surface area contributed by atoms with Gasteiger partial charge in [0, 0.05) is 23.4 Å². The van der Waals surface area contributed by atoms with Crippen LogP contribution in [0.1, 0.15) is 16.7 Å². The van der Waals surface area contributed by atoms with Gasteiger partial charge in [0.2, 0.25) is 0 Å². The summed E-state index contributed by atoms with van der Waals surface area (Å²) in [5, 5.41) is 12.2. The quantitative estimate of drug-likeness (QED) is 0.861. The average Bonchev–Trinajstić information content (AvgIpc) is 2.52. The van der Waals surface area contributed by atoms with E-state index in [4.69, 9.17) is 16.4 Å². The number of benzene rings is 2. The monoisotopic (exact) mass is 262 g/mol. The molecule has 1 N–H and O–H groups in total. The van der Waals surface area contributed by atoms with Crippen molar-refractivity contribution in [3.63, 3.8) is 0 Å². The number of hydrogen-bond donors (Lipinski definition) is 1. The van der Waals surface area contributed by atoms with Crippen LogP contribution in [0.15, 0.2) is 42.5 Å². The second-order valence-corrected chi connectivity index (χ2v) is 4.22. The number of rotatable bonds is 4. The van der Waals surface area contributed by atoms with E-state index in [0.29, 0.717) is 12.1 Å². The van der Waals surface area contributed by atoms with E-state index in [-0.39, 0.29) is 0 Å². The highest BCUT2D eigenvalue weighted by atomic mass is 16.5. The topological polar surface area (TPSA) is 45.0 Å². The zero-order valence-corrected chi connectivity index (χ0v) is 11.2. The van der Waals surface area contributed by atoms with Crippen LogP contribution in [0.4, 0.5) is 5.69 Å². The van der Waals surface area contributed by atoms with Crippen molar-refractivity contribution in [2.75, 3.05) is 12.4 Å². The van der Waals surface area contributed by atoms with Crippen LogP contribution in [0, 0.1) is 23.7 Å². The van der Waals surface area contributed by atoms with Crippen LogP contribution >= 0.6 is 0 Å². The zero-order chi connectivity index (χ0) is 14.4. The predicted octanol–water partition coefficient (Wildman–Crippen LogP) is 3.16. The molecule has 0 aliphatic rings. The van der Waals surface area contributed by atoms with E-state index in [9.17, 15) is 0 Å². The lowest BCUT2D eigenvalue weighted by Crippen LogP contribution is -2.02. The summed E-state index contributed by atoms with van der Waals surface area (Å²) in [7, 11) is 1.61. The van der Waals surface area contributed by atoms with Gasteiger partial charge in [-0.25, -0.2) is 0 Å². The highest BCUT2D eigenvalue weighted by molar-refractivity contribution is 5.51. The molecule has 98 valence electrons. The molecule has 0 heterocycles. The Morgan fingerprint density at radius 1 is 1.20 bits per heavy atom. The second kappa shape index (κ2) is 6.31. The van der Waals surface area contributed by atoms with Crippen molar-refractivity contribution in [2.45, 2.75) is 6.54 Å². The van der Waals surface area contributed by atoms with Gasteiger partial charge in [-0.3, -0.25) is 0 Å². The molecule has 0 radical (unpaired) electrons. The van der Waals surface area contributed by atoms with Crippen molar-refractivity contribution in [2.24, 2.45) is 0 Å². The fraction of sp³-hybridized carbons (Fsp3) is 0.118. The molecule has 0 saturated heterocycles. The largest absolute Gasteiger partial charge is 0.496 e. The van der Waals surface area contributed by atoms with Crippen LogP contribution in [0.2, 0.25) is 0 Å². The Bertz CT molecular complexity index is 693. The molecule has 3 nitrogen and oxygen atoms in total. The molecule has 0 atom stereocenters. The normalized spacial score (nSPS) is 9.35. The summed E-state index contributed by atoms with van der Waals surface area (Å²) in [6, 6.07) is 15.1. The Morgan fingerprint density at radius 2 is 2.05 bits per heavy atom. The number of hydrogen-bond acceptors (Lipinski definition) is 3. The molecule has 0 bridgehead atoms. The van der Waals surface area contributed by atoms with E-state index in [0.717, 1.165) is 22.6 Å². The van der Waals surface area contributed by atoms with Crippen molar-refractivity contribution in [3.05, 3.63) is 59.2 Å². The third-order valence-electron chi connectivity index (χ3n) is 2.92. The van der Waals surface area contributed by atoms with Gasteiger partial charge < -0.3 is 10.1 Å². The summed E-state index contributed by atoms with van der Waals surface area (Å²) in [5.41, 5.74) is 3.30. The molecule has 0 aliphatic carbocycles. The van der Waals surface area contributed by atoms with E-state index in [1.54, 1.807) is 19.2 Å². The third kappa shape index (κ3) is 3.10. The van der Waals surface area contributed by atoms with E-state index in [2.05, 4.69) is 17.3 Å². The molecule has 0 aliphatic heterocycles. The Morgan fingerprint density at radius 3 is 2.75 bits per heavy atom. The second-order valence-electron chi connectivity index (χ2n) is 4.22. The third-order valence-corrected chi connectivity index (χ3v) is 2.92. The van der Waals surface area contributed by atoms with Gasteiger partial charge >= 0.3 is 0 Å². The lowest BCUT2D eigenvalue weighted by molar-refractivity contribution is 0.410. The molecule has 2 aromatic carbocycles. The Labute approximate surface area is 118 Å². The standard InChI is InChI=1S/C17H14N2O/c1-3-13-5-4-6-16(10-13)19-12-15-9-14(11-18)7-8-17(15)20-2/h1,4-10,19H,12H2,2H3. The van der Waals surface area contributed by atoms with Crippen LogP contribution in [-0.2, 0) is 6.54 Å². The molecule has 0 saturated carbocycles. The van der Waals surface area contributed by atoms with E-state index in [1.165, 1.54) is 0 Å². The van der Waals surface area contributed by atoms with Crippen LogP contribution in [0.5, 0.6) is 5.75 Å². The molecule has 20 heavy (non-hydrogen) atoms. The van der Waals surface area contributed by atoms with Gasteiger partial charge in [0.25, 0.3) is 0 Å². The molecular weight excluding hydrogens is 248 g/mol. The summed E-state index contributed by atoms with van der Waals surface area (Å²) in [6.45, 7) is 0.562.